The van der Waals surface area contributed by atoms with Crippen LogP contribution >= 0.6 is 0 Å². The number of amides is 1. The summed E-state index contributed by atoms with van der Waals surface area (Å²) in [5.74, 6) is -0.141. The van der Waals surface area contributed by atoms with E-state index in [0.717, 1.165) is 67.9 Å². The van der Waals surface area contributed by atoms with Gasteiger partial charge >= 0.3 is 0 Å². The van der Waals surface area contributed by atoms with Gasteiger partial charge in [0, 0.05) is 30.0 Å². The molecule has 0 radical (unpaired) electrons. The van der Waals surface area contributed by atoms with E-state index in [0.29, 0.717) is 5.69 Å². The Kier molecular flexibility index (Phi) is 4.32. The maximum Gasteiger partial charge on any atom is 0.276 e. The Morgan fingerprint density at radius 3 is 2.83 bits per heavy atom. The molecule has 24 heavy (non-hydrogen) atoms. The molecule has 6 heteroatoms. The molecule has 6 nitrogen and oxygen atoms in total. The number of fused-ring (bicyclic) bond motifs is 1. The molecule has 0 bridgehead atoms. The lowest BCUT2D eigenvalue weighted by atomic mass is 9.96. The van der Waals surface area contributed by atoms with Gasteiger partial charge in [0.15, 0.2) is 5.69 Å². The Hall–Kier alpha value is -2.18. The number of carbonyl (C=O) groups is 1. The highest BCUT2D eigenvalue weighted by molar-refractivity contribution is 6.04. The van der Waals surface area contributed by atoms with E-state index in [1.165, 1.54) is 0 Å². The summed E-state index contributed by atoms with van der Waals surface area (Å²) >= 11 is 0. The zero-order chi connectivity index (χ0) is 16.4. The second-order valence-corrected chi connectivity index (χ2v) is 6.38. The predicted molar refractivity (Wildman–Crippen MR) is 91.2 cm³/mol. The topological polar surface area (TPSA) is 79.0 Å². The molecule has 1 aliphatic carbocycles. The Labute approximate surface area is 141 Å². The van der Waals surface area contributed by atoms with Crippen LogP contribution in [0.15, 0.2) is 24.3 Å². The van der Waals surface area contributed by atoms with Crippen LogP contribution in [0.2, 0.25) is 0 Å². The van der Waals surface area contributed by atoms with Crippen molar-refractivity contribution >= 4 is 11.6 Å². The van der Waals surface area contributed by atoms with Crippen LogP contribution in [0.1, 0.15) is 46.3 Å². The van der Waals surface area contributed by atoms with Crippen molar-refractivity contribution in [3.8, 4) is 0 Å². The number of hydrogen-bond donors (Lipinski definition) is 3. The predicted octanol–water partition coefficient (Wildman–Crippen LogP) is 2.20. The third-order valence-corrected chi connectivity index (χ3v) is 4.74. The SMILES string of the molecule is O=C(Nc1ccc(C2CNCCO2)cc1)c1n[nH]c2c1CCCC2. The molecule has 1 aromatic heterocycles. The maximum atomic E-state index is 12.5. The van der Waals surface area contributed by atoms with Crippen LogP contribution in [0, 0.1) is 0 Å². The highest BCUT2D eigenvalue weighted by atomic mass is 16.5. The number of anilines is 1. The van der Waals surface area contributed by atoms with Gasteiger partial charge in [-0.25, -0.2) is 0 Å². The molecule has 1 aromatic carbocycles. The van der Waals surface area contributed by atoms with Gasteiger partial charge in [0.1, 0.15) is 0 Å². The normalized spacial score (nSPS) is 20.4. The summed E-state index contributed by atoms with van der Waals surface area (Å²) in [6.45, 7) is 2.46. The molecular weight excluding hydrogens is 304 g/mol. The van der Waals surface area contributed by atoms with E-state index in [1.807, 2.05) is 24.3 Å². The molecule has 2 heterocycles. The number of hydrogen-bond acceptors (Lipinski definition) is 4. The fraction of sp³-hybridized carbons (Fsp3) is 0.444. The van der Waals surface area contributed by atoms with Gasteiger partial charge in [-0.1, -0.05) is 12.1 Å². The van der Waals surface area contributed by atoms with Crippen LogP contribution in [0.3, 0.4) is 0 Å². The molecule has 2 aliphatic rings. The molecule has 1 atom stereocenters. The molecule has 3 N–H and O–H groups in total. The van der Waals surface area contributed by atoms with E-state index in [1.54, 1.807) is 0 Å². The van der Waals surface area contributed by atoms with Gasteiger partial charge in [-0.15, -0.1) is 0 Å². The Morgan fingerprint density at radius 2 is 2.04 bits per heavy atom. The Balaban J connectivity index is 1.45. The van der Waals surface area contributed by atoms with E-state index in [9.17, 15) is 4.79 Å². The molecule has 1 amide bonds. The molecule has 0 saturated carbocycles. The minimum atomic E-state index is -0.141. The van der Waals surface area contributed by atoms with Crippen LogP contribution in [0.5, 0.6) is 0 Å². The third kappa shape index (κ3) is 3.07. The number of morpholine rings is 1. The lowest BCUT2D eigenvalue weighted by molar-refractivity contribution is 0.0277. The van der Waals surface area contributed by atoms with Gasteiger partial charge in [0.2, 0.25) is 0 Å². The smallest absolute Gasteiger partial charge is 0.276 e. The van der Waals surface area contributed by atoms with Crippen molar-refractivity contribution in [1.82, 2.24) is 15.5 Å². The number of ether oxygens (including phenoxy) is 1. The summed E-state index contributed by atoms with van der Waals surface area (Å²) in [4.78, 5) is 12.5. The fourth-order valence-corrected chi connectivity index (χ4v) is 3.42. The van der Waals surface area contributed by atoms with Crippen molar-refractivity contribution in [3.63, 3.8) is 0 Å². The molecule has 4 rings (SSSR count). The van der Waals surface area contributed by atoms with Gasteiger partial charge in [0.25, 0.3) is 5.91 Å². The first kappa shape index (κ1) is 15.4. The van der Waals surface area contributed by atoms with Gasteiger partial charge in [-0.05, 0) is 43.4 Å². The number of benzene rings is 1. The highest BCUT2D eigenvalue weighted by Gasteiger charge is 2.22. The number of H-pyrrole nitrogens is 1. The van der Waals surface area contributed by atoms with Crippen molar-refractivity contribution in [3.05, 3.63) is 46.8 Å². The van der Waals surface area contributed by atoms with E-state index < -0.39 is 0 Å². The molecular formula is C18H22N4O2. The zero-order valence-electron chi connectivity index (χ0n) is 13.6. The van der Waals surface area contributed by atoms with Crippen LogP contribution in [0.25, 0.3) is 0 Å². The highest BCUT2D eigenvalue weighted by Crippen LogP contribution is 2.24. The molecule has 1 aliphatic heterocycles. The lowest BCUT2D eigenvalue weighted by Gasteiger charge is -2.24. The summed E-state index contributed by atoms with van der Waals surface area (Å²) in [6, 6.07) is 7.86. The van der Waals surface area contributed by atoms with Crippen molar-refractivity contribution < 1.29 is 9.53 Å². The molecule has 126 valence electrons. The molecule has 1 unspecified atom stereocenters. The van der Waals surface area contributed by atoms with E-state index >= 15 is 0 Å². The Morgan fingerprint density at radius 1 is 1.21 bits per heavy atom. The minimum Gasteiger partial charge on any atom is -0.371 e. The molecule has 0 spiro atoms. The zero-order valence-corrected chi connectivity index (χ0v) is 13.6. The van der Waals surface area contributed by atoms with Crippen molar-refractivity contribution in [2.45, 2.75) is 31.8 Å². The van der Waals surface area contributed by atoms with Crippen molar-refractivity contribution in [2.24, 2.45) is 0 Å². The fourth-order valence-electron chi connectivity index (χ4n) is 3.42. The first-order valence-corrected chi connectivity index (χ1v) is 8.61. The van der Waals surface area contributed by atoms with Gasteiger partial charge in [-0.2, -0.15) is 5.10 Å². The molecule has 1 saturated heterocycles. The van der Waals surface area contributed by atoms with E-state index in [4.69, 9.17) is 4.74 Å². The quantitative estimate of drug-likeness (QED) is 0.808. The monoisotopic (exact) mass is 326 g/mol. The number of nitrogens with zero attached hydrogens (tertiary/aromatic N) is 1. The number of nitrogens with one attached hydrogen (secondary N) is 3. The van der Waals surface area contributed by atoms with Crippen molar-refractivity contribution in [2.75, 3.05) is 25.0 Å². The first-order chi connectivity index (χ1) is 11.8. The van der Waals surface area contributed by atoms with Gasteiger partial charge in [0.05, 0.1) is 12.7 Å². The maximum absolute atomic E-state index is 12.5. The summed E-state index contributed by atoms with van der Waals surface area (Å²) in [5.41, 5.74) is 4.63. The van der Waals surface area contributed by atoms with Crippen LogP contribution in [-0.4, -0.2) is 35.8 Å². The van der Waals surface area contributed by atoms with Gasteiger partial charge < -0.3 is 15.4 Å². The van der Waals surface area contributed by atoms with Crippen LogP contribution < -0.4 is 10.6 Å². The summed E-state index contributed by atoms with van der Waals surface area (Å²) in [5, 5.41) is 13.5. The molecule has 2 aromatic rings. The average Bonchev–Trinajstić information content (AvgIpc) is 3.07. The van der Waals surface area contributed by atoms with E-state index in [-0.39, 0.29) is 12.0 Å². The third-order valence-electron chi connectivity index (χ3n) is 4.74. The van der Waals surface area contributed by atoms with Crippen LogP contribution in [0.4, 0.5) is 5.69 Å². The lowest BCUT2D eigenvalue weighted by Crippen LogP contribution is -2.33. The number of rotatable bonds is 3. The minimum absolute atomic E-state index is 0.0851. The standard InChI is InChI=1S/C18H22N4O2/c23-18(17-14-3-1-2-4-15(14)21-22-17)20-13-7-5-12(6-8-13)16-11-19-9-10-24-16/h5-8,16,19H,1-4,9-11H2,(H,20,23)(H,21,22). The van der Waals surface area contributed by atoms with Gasteiger partial charge in [-0.3, -0.25) is 9.89 Å². The summed E-state index contributed by atoms with van der Waals surface area (Å²) in [7, 11) is 0. The van der Waals surface area contributed by atoms with Crippen LogP contribution in [-0.2, 0) is 17.6 Å². The number of carbonyl (C=O) groups excluding carboxylic acids is 1. The number of aromatic nitrogens is 2. The largest absolute Gasteiger partial charge is 0.371 e. The first-order valence-electron chi connectivity index (χ1n) is 8.61. The van der Waals surface area contributed by atoms with Crippen molar-refractivity contribution in [1.29, 1.82) is 0 Å². The second-order valence-electron chi connectivity index (χ2n) is 6.38. The second kappa shape index (κ2) is 6.75. The number of aromatic amines is 1. The Bertz CT molecular complexity index is 717. The average molecular weight is 326 g/mol. The summed E-state index contributed by atoms with van der Waals surface area (Å²) in [6.07, 6.45) is 4.29. The number of aryl methyl sites for hydroxylation is 1. The summed E-state index contributed by atoms with van der Waals surface area (Å²) < 4.78 is 5.74. The van der Waals surface area contributed by atoms with E-state index in [2.05, 4.69) is 20.8 Å². The molecule has 1 fully saturated rings.